The van der Waals surface area contributed by atoms with E-state index in [0.717, 1.165) is 12.0 Å². The summed E-state index contributed by atoms with van der Waals surface area (Å²) < 4.78 is 5.73. The molecule has 0 heterocycles. The van der Waals surface area contributed by atoms with Crippen molar-refractivity contribution in [1.29, 1.82) is 0 Å². The number of carbonyl (C=O) groups is 1. The Kier molecular flexibility index (Phi) is 5.84. The molecule has 0 aliphatic carbocycles. The van der Waals surface area contributed by atoms with E-state index in [0.29, 0.717) is 22.9 Å². The van der Waals surface area contributed by atoms with E-state index in [9.17, 15) is 4.79 Å². The zero-order valence-electron chi connectivity index (χ0n) is 12.8. The van der Waals surface area contributed by atoms with Crippen molar-refractivity contribution in [1.82, 2.24) is 5.32 Å². The second-order valence-electron chi connectivity index (χ2n) is 5.19. The maximum Gasteiger partial charge on any atom is 0.251 e. The van der Waals surface area contributed by atoms with Gasteiger partial charge in [0.2, 0.25) is 0 Å². The normalized spacial score (nSPS) is 11.8. The Labute approximate surface area is 136 Å². The van der Waals surface area contributed by atoms with Crippen LogP contribution in [0.15, 0.2) is 48.5 Å². The molecule has 22 heavy (non-hydrogen) atoms. The van der Waals surface area contributed by atoms with Crippen LogP contribution < -0.4 is 10.1 Å². The molecule has 0 saturated heterocycles. The lowest BCUT2D eigenvalue weighted by Crippen LogP contribution is -2.31. The van der Waals surface area contributed by atoms with Gasteiger partial charge in [-0.15, -0.1) is 0 Å². The Morgan fingerprint density at radius 3 is 2.73 bits per heavy atom. The maximum absolute atomic E-state index is 12.1. The first-order chi connectivity index (χ1) is 10.6. The van der Waals surface area contributed by atoms with Crippen molar-refractivity contribution in [2.24, 2.45) is 0 Å². The molecule has 2 aromatic carbocycles. The standard InChI is InChI=1S/C18H20ClNO2/c1-3-13(2)20-18(21)14-8-6-9-16(11-14)22-12-15-7-4-5-10-17(15)19/h4-11,13H,3,12H2,1-2H3,(H,20,21)/t13-/m0/s1. The molecule has 4 heteroatoms. The van der Waals surface area contributed by atoms with E-state index in [2.05, 4.69) is 5.32 Å². The third-order valence-electron chi connectivity index (χ3n) is 3.44. The maximum atomic E-state index is 12.1. The van der Waals surface area contributed by atoms with Crippen molar-refractivity contribution in [3.8, 4) is 5.75 Å². The predicted molar refractivity (Wildman–Crippen MR) is 89.4 cm³/mol. The number of rotatable bonds is 6. The highest BCUT2D eigenvalue weighted by atomic mass is 35.5. The first kappa shape index (κ1) is 16.4. The molecule has 0 aliphatic heterocycles. The molecule has 0 bridgehead atoms. The van der Waals surface area contributed by atoms with Crippen molar-refractivity contribution < 1.29 is 9.53 Å². The van der Waals surface area contributed by atoms with E-state index in [4.69, 9.17) is 16.3 Å². The van der Waals surface area contributed by atoms with E-state index in [1.54, 1.807) is 12.1 Å². The largest absolute Gasteiger partial charge is 0.489 e. The van der Waals surface area contributed by atoms with Crippen LogP contribution in [0.5, 0.6) is 5.75 Å². The number of ether oxygens (including phenoxy) is 1. The number of nitrogens with one attached hydrogen (secondary N) is 1. The highest BCUT2D eigenvalue weighted by Gasteiger charge is 2.09. The Bertz CT molecular complexity index is 642. The molecule has 0 spiro atoms. The molecule has 2 rings (SSSR count). The van der Waals surface area contributed by atoms with Gasteiger partial charge < -0.3 is 10.1 Å². The van der Waals surface area contributed by atoms with E-state index in [-0.39, 0.29) is 11.9 Å². The second kappa shape index (κ2) is 7.85. The van der Waals surface area contributed by atoms with Crippen LogP contribution >= 0.6 is 11.6 Å². The summed E-state index contributed by atoms with van der Waals surface area (Å²) in [6, 6.07) is 14.9. The third kappa shape index (κ3) is 4.50. The van der Waals surface area contributed by atoms with Crippen molar-refractivity contribution in [2.75, 3.05) is 0 Å². The van der Waals surface area contributed by atoms with Crippen molar-refractivity contribution in [2.45, 2.75) is 32.9 Å². The highest BCUT2D eigenvalue weighted by molar-refractivity contribution is 6.31. The zero-order valence-corrected chi connectivity index (χ0v) is 13.6. The fraction of sp³-hybridized carbons (Fsp3) is 0.278. The SMILES string of the molecule is CC[C@H](C)NC(=O)c1cccc(OCc2ccccc2Cl)c1. The minimum atomic E-state index is -0.0856. The summed E-state index contributed by atoms with van der Waals surface area (Å²) in [5.74, 6) is 0.564. The molecule has 0 saturated carbocycles. The van der Waals surface area contributed by atoms with Crippen LogP contribution in [0.3, 0.4) is 0 Å². The van der Waals surface area contributed by atoms with Gasteiger partial charge in [0.25, 0.3) is 5.91 Å². The smallest absolute Gasteiger partial charge is 0.251 e. The zero-order chi connectivity index (χ0) is 15.9. The van der Waals surface area contributed by atoms with Gasteiger partial charge >= 0.3 is 0 Å². The third-order valence-corrected chi connectivity index (χ3v) is 3.81. The average molecular weight is 318 g/mol. The number of carbonyl (C=O) groups excluding carboxylic acids is 1. The number of hydrogen-bond donors (Lipinski definition) is 1. The van der Waals surface area contributed by atoms with Crippen LogP contribution in [0.2, 0.25) is 5.02 Å². The monoisotopic (exact) mass is 317 g/mol. The number of halogens is 1. The van der Waals surface area contributed by atoms with E-state index >= 15 is 0 Å². The molecule has 1 atom stereocenters. The molecule has 1 amide bonds. The minimum Gasteiger partial charge on any atom is -0.489 e. The summed E-state index contributed by atoms with van der Waals surface area (Å²) in [4.78, 5) is 12.1. The summed E-state index contributed by atoms with van der Waals surface area (Å²) >= 11 is 6.10. The molecular formula is C18H20ClNO2. The summed E-state index contributed by atoms with van der Waals surface area (Å²) in [6.07, 6.45) is 0.897. The Balaban J connectivity index is 2.02. The highest BCUT2D eigenvalue weighted by Crippen LogP contribution is 2.19. The van der Waals surface area contributed by atoms with Gasteiger partial charge in [-0.3, -0.25) is 4.79 Å². The van der Waals surface area contributed by atoms with E-state index in [1.165, 1.54) is 0 Å². The van der Waals surface area contributed by atoms with Gasteiger partial charge in [0.1, 0.15) is 12.4 Å². The Morgan fingerprint density at radius 1 is 1.23 bits per heavy atom. The number of amides is 1. The van der Waals surface area contributed by atoms with Gasteiger partial charge in [-0.1, -0.05) is 42.8 Å². The second-order valence-corrected chi connectivity index (χ2v) is 5.60. The van der Waals surface area contributed by atoms with E-state index < -0.39 is 0 Å². The topological polar surface area (TPSA) is 38.3 Å². The van der Waals surface area contributed by atoms with Crippen LogP contribution in [-0.2, 0) is 6.61 Å². The fourth-order valence-corrected chi connectivity index (χ4v) is 2.10. The number of benzene rings is 2. The van der Waals surface area contributed by atoms with Crippen LogP contribution in [0, 0.1) is 0 Å². The van der Waals surface area contributed by atoms with Crippen LogP contribution in [0.25, 0.3) is 0 Å². The summed E-state index contributed by atoms with van der Waals surface area (Å²) in [5, 5.41) is 3.61. The molecular weight excluding hydrogens is 298 g/mol. The summed E-state index contributed by atoms with van der Waals surface area (Å²) in [5.41, 5.74) is 1.51. The quantitative estimate of drug-likeness (QED) is 0.855. The average Bonchev–Trinajstić information content (AvgIpc) is 2.54. The molecule has 116 valence electrons. The van der Waals surface area contributed by atoms with Gasteiger partial charge in [0, 0.05) is 22.2 Å². The van der Waals surface area contributed by atoms with Crippen LogP contribution in [0.4, 0.5) is 0 Å². The molecule has 0 aromatic heterocycles. The number of hydrogen-bond acceptors (Lipinski definition) is 2. The van der Waals surface area contributed by atoms with Gasteiger partial charge in [0.15, 0.2) is 0 Å². The predicted octanol–water partition coefficient (Wildman–Crippen LogP) is 4.45. The molecule has 0 radical (unpaired) electrons. The lowest BCUT2D eigenvalue weighted by Gasteiger charge is -2.12. The van der Waals surface area contributed by atoms with E-state index in [1.807, 2.05) is 50.2 Å². The first-order valence-corrected chi connectivity index (χ1v) is 7.75. The molecule has 2 aromatic rings. The van der Waals surface area contributed by atoms with Crippen LogP contribution in [0.1, 0.15) is 36.2 Å². The summed E-state index contributed by atoms with van der Waals surface area (Å²) in [7, 11) is 0. The molecule has 0 aliphatic rings. The van der Waals surface area contributed by atoms with Gasteiger partial charge in [-0.05, 0) is 37.6 Å². The minimum absolute atomic E-state index is 0.0856. The summed E-state index contributed by atoms with van der Waals surface area (Å²) in [6.45, 7) is 4.39. The van der Waals surface area contributed by atoms with Crippen molar-refractivity contribution >= 4 is 17.5 Å². The molecule has 3 nitrogen and oxygen atoms in total. The lowest BCUT2D eigenvalue weighted by molar-refractivity contribution is 0.0939. The fourth-order valence-electron chi connectivity index (χ4n) is 1.91. The Hall–Kier alpha value is -2.00. The van der Waals surface area contributed by atoms with Crippen molar-refractivity contribution in [3.63, 3.8) is 0 Å². The molecule has 0 unspecified atom stereocenters. The van der Waals surface area contributed by atoms with Gasteiger partial charge in [0.05, 0.1) is 0 Å². The molecule has 0 fully saturated rings. The lowest BCUT2D eigenvalue weighted by atomic mass is 10.1. The first-order valence-electron chi connectivity index (χ1n) is 7.37. The Morgan fingerprint density at radius 2 is 2.00 bits per heavy atom. The van der Waals surface area contributed by atoms with Crippen molar-refractivity contribution in [3.05, 3.63) is 64.7 Å². The van der Waals surface area contributed by atoms with Gasteiger partial charge in [-0.2, -0.15) is 0 Å². The van der Waals surface area contributed by atoms with Gasteiger partial charge in [-0.25, -0.2) is 0 Å². The van der Waals surface area contributed by atoms with Crippen LogP contribution in [-0.4, -0.2) is 11.9 Å². The molecule has 1 N–H and O–H groups in total.